The third-order valence-electron chi connectivity index (χ3n) is 5.19. The van der Waals surface area contributed by atoms with Gasteiger partial charge in [0.05, 0.1) is 18.6 Å². The van der Waals surface area contributed by atoms with E-state index in [4.69, 9.17) is 9.47 Å². The van der Waals surface area contributed by atoms with Crippen LogP contribution in [-0.2, 0) is 19.1 Å². The van der Waals surface area contributed by atoms with Crippen molar-refractivity contribution in [3.63, 3.8) is 0 Å². The van der Waals surface area contributed by atoms with Gasteiger partial charge in [0.15, 0.2) is 5.60 Å². The van der Waals surface area contributed by atoms with Gasteiger partial charge >= 0.3 is 11.9 Å². The Kier molecular flexibility index (Phi) is 7.14. The maximum Gasteiger partial charge on any atom is 0.342 e. The highest BCUT2D eigenvalue weighted by Gasteiger charge is 2.48. The summed E-state index contributed by atoms with van der Waals surface area (Å²) in [4.78, 5) is 24.8. The molecule has 0 aromatic carbocycles. The van der Waals surface area contributed by atoms with Crippen molar-refractivity contribution in [1.29, 1.82) is 0 Å². The highest BCUT2D eigenvalue weighted by molar-refractivity contribution is 7.81. The molecular formula is C20H28O7S. The zero-order valence-corrected chi connectivity index (χ0v) is 17.2. The maximum absolute atomic E-state index is 12.6. The lowest BCUT2D eigenvalue weighted by Gasteiger charge is -2.32. The average molecular weight is 413 g/mol. The van der Waals surface area contributed by atoms with Crippen molar-refractivity contribution in [2.75, 3.05) is 6.61 Å². The van der Waals surface area contributed by atoms with E-state index in [2.05, 4.69) is 19.2 Å². The molecule has 6 atom stereocenters. The second-order valence-corrected chi connectivity index (χ2v) is 8.40. The fraction of sp³-hybridized carbons (Fsp3) is 0.600. The highest BCUT2D eigenvalue weighted by Crippen LogP contribution is 2.37. The molecule has 0 radical (unpaired) electrons. The number of carbonyl (C=O) groups is 2. The minimum Gasteiger partial charge on any atom is -0.459 e. The van der Waals surface area contributed by atoms with E-state index >= 15 is 0 Å². The van der Waals surface area contributed by atoms with E-state index in [0.29, 0.717) is 6.42 Å². The summed E-state index contributed by atoms with van der Waals surface area (Å²) >= 11 is 4.07. The van der Waals surface area contributed by atoms with Crippen LogP contribution in [0.5, 0.6) is 0 Å². The molecule has 3 N–H and O–H groups in total. The standard InChI is InChI=1S/C20H28O7S/c1-10-5-14(22)6-11(2)8-16(17-12(3)18(23)26-15(17)7-10)27-19(24)20(25,9-21)13(4)28/h6-7,13-17,21-22,25,28H,3,5,8-9H2,1-2,4H3/b10-7-,11-6-. The minimum absolute atomic E-state index is 0.173. The number of rotatable bonds is 4. The lowest BCUT2D eigenvalue weighted by atomic mass is 9.85. The Morgan fingerprint density at radius 1 is 1.39 bits per heavy atom. The van der Waals surface area contributed by atoms with Crippen LogP contribution in [0, 0.1) is 5.92 Å². The van der Waals surface area contributed by atoms with Crippen molar-refractivity contribution >= 4 is 24.6 Å². The Labute approximate surface area is 170 Å². The smallest absolute Gasteiger partial charge is 0.342 e. The largest absolute Gasteiger partial charge is 0.459 e. The van der Waals surface area contributed by atoms with Crippen LogP contribution in [0.25, 0.3) is 0 Å². The van der Waals surface area contributed by atoms with E-state index in [9.17, 15) is 24.9 Å². The van der Waals surface area contributed by atoms with E-state index in [-0.39, 0.29) is 12.0 Å². The molecule has 0 amide bonds. The van der Waals surface area contributed by atoms with E-state index < -0.39 is 53.6 Å². The molecule has 7 nitrogen and oxygen atoms in total. The van der Waals surface area contributed by atoms with Crippen molar-refractivity contribution in [2.24, 2.45) is 5.92 Å². The predicted octanol–water partition coefficient (Wildman–Crippen LogP) is 1.08. The molecule has 1 fully saturated rings. The van der Waals surface area contributed by atoms with Crippen molar-refractivity contribution in [3.05, 3.63) is 35.5 Å². The number of hydrogen-bond donors (Lipinski definition) is 4. The molecule has 1 heterocycles. The number of carbonyl (C=O) groups excluding carboxylic acids is 2. The summed E-state index contributed by atoms with van der Waals surface area (Å²) in [6, 6.07) is 0. The summed E-state index contributed by atoms with van der Waals surface area (Å²) in [5, 5.41) is 29.2. The van der Waals surface area contributed by atoms with Crippen LogP contribution in [-0.4, -0.2) is 63.0 Å². The molecule has 2 rings (SSSR count). The number of aliphatic hydroxyl groups excluding tert-OH is 2. The van der Waals surface area contributed by atoms with E-state index in [0.717, 1.165) is 11.1 Å². The van der Waals surface area contributed by atoms with Crippen molar-refractivity contribution in [3.8, 4) is 0 Å². The van der Waals surface area contributed by atoms with Gasteiger partial charge < -0.3 is 24.8 Å². The van der Waals surface area contributed by atoms with E-state index in [1.807, 2.05) is 6.92 Å². The van der Waals surface area contributed by atoms with Gasteiger partial charge in [-0.3, -0.25) is 0 Å². The number of thiol groups is 1. The fourth-order valence-corrected chi connectivity index (χ4v) is 3.67. The van der Waals surface area contributed by atoms with Crippen molar-refractivity contribution in [2.45, 2.75) is 62.8 Å². The summed E-state index contributed by atoms with van der Waals surface area (Å²) in [6.07, 6.45) is 1.66. The third-order valence-corrected chi connectivity index (χ3v) is 5.61. The molecule has 6 unspecified atom stereocenters. The normalized spacial score (nSPS) is 35.4. The molecule has 2 aliphatic rings. The Morgan fingerprint density at radius 3 is 2.57 bits per heavy atom. The minimum atomic E-state index is -2.19. The van der Waals surface area contributed by atoms with Gasteiger partial charge in [0.25, 0.3) is 0 Å². The molecule has 28 heavy (non-hydrogen) atoms. The molecule has 1 aliphatic heterocycles. The average Bonchev–Trinajstić information content (AvgIpc) is 2.85. The number of aliphatic hydroxyl groups is 3. The van der Waals surface area contributed by atoms with Gasteiger partial charge in [-0.15, -0.1) is 0 Å². The number of hydrogen-bond acceptors (Lipinski definition) is 8. The topological polar surface area (TPSA) is 113 Å². The summed E-state index contributed by atoms with van der Waals surface area (Å²) in [5.74, 6) is -2.27. The lowest BCUT2D eigenvalue weighted by molar-refractivity contribution is -0.177. The first-order valence-electron chi connectivity index (χ1n) is 9.14. The quantitative estimate of drug-likeness (QED) is 0.237. The molecule has 0 aromatic rings. The monoisotopic (exact) mass is 412 g/mol. The molecule has 0 aromatic heterocycles. The number of fused-ring (bicyclic) bond motifs is 1. The van der Waals surface area contributed by atoms with E-state index in [1.165, 1.54) is 6.92 Å². The highest BCUT2D eigenvalue weighted by atomic mass is 32.1. The molecule has 8 heteroatoms. The summed E-state index contributed by atoms with van der Waals surface area (Å²) in [6.45, 7) is 7.99. The second-order valence-electron chi connectivity index (χ2n) is 7.62. The molecule has 1 aliphatic carbocycles. The summed E-state index contributed by atoms with van der Waals surface area (Å²) in [7, 11) is 0. The van der Waals surface area contributed by atoms with Crippen LogP contribution in [0.2, 0.25) is 0 Å². The molecule has 1 saturated heterocycles. The van der Waals surface area contributed by atoms with Crippen LogP contribution in [0.3, 0.4) is 0 Å². The Hall–Kier alpha value is -1.61. The van der Waals surface area contributed by atoms with E-state index in [1.54, 1.807) is 19.1 Å². The van der Waals surface area contributed by atoms with Crippen LogP contribution < -0.4 is 0 Å². The molecule has 0 saturated carbocycles. The predicted molar refractivity (Wildman–Crippen MR) is 106 cm³/mol. The Morgan fingerprint density at radius 2 is 2.00 bits per heavy atom. The van der Waals surface area contributed by atoms with Gasteiger partial charge in [0.1, 0.15) is 12.2 Å². The van der Waals surface area contributed by atoms with Gasteiger partial charge in [-0.25, -0.2) is 9.59 Å². The first-order chi connectivity index (χ1) is 13.0. The van der Waals surface area contributed by atoms with Gasteiger partial charge in [0.2, 0.25) is 0 Å². The Bertz CT molecular complexity index is 711. The van der Waals surface area contributed by atoms with Crippen LogP contribution in [0.4, 0.5) is 0 Å². The maximum atomic E-state index is 12.6. The van der Waals surface area contributed by atoms with Crippen LogP contribution >= 0.6 is 12.6 Å². The Balaban J connectivity index is 2.43. The molecule has 0 bridgehead atoms. The summed E-state index contributed by atoms with van der Waals surface area (Å²) in [5.41, 5.74) is -0.455. The van der Waals surface area contributed by atoms with Crippen LogP contribution in [0.15, 0.2) is 35.5 Å². The third kappa shape index (κ3) is 4.68. The fourth-order valence-electron chi connectivity index (χ4n) is 3.48. The second kappa shape index (κ2) is 8.82. The summed E-state index contributed by atoms with van der Waals surface area (Å²) < 4.78 is 11.0. The first-order valence-corrected chi connectivity index (χ1v) is 9.66. The SMILES string of the molecule is C=C1C(=O)OC2/C=C(/C)CC(O)/C=C(/C)CC(OC(=O)C(O)(CO)C(C)S)C12. The van der Waals surface area contributed by atoms with Gasteiger partial charge in [-0.05, 0) is 26.3 Å². The zero-order valence-electron chi connectivity index (χ0n) is 16.3. The molecule has 156 valence electrons. The van der Waals surface area contributed by atoms with Gasteiger partial charge in [0, 0.05) is 17.2 Å². The number of ether oxygens (including phenoxy) is 2. The first kappa shape index (κ1) is 22.7. The van der Waals surface area contributed by atoms with Crippen LogP contribution in [0.1, 0.15) is 33.6 Å². The van der Waals surface area contributed by atoms with Crippen molar-refractivity contribution < 1.29 is 34.4 Å². The van der Waals surface area contributed by atoms with Gasteiger partial charge in [-0.2, -0.15) is 12.6 Å². The molecular weight excluding hydrogens is 384 g/mol. The number of esters is 2. The zero-order chi connectivity index (χ0) is 21.2. The molecule has 0 spiro atoms. The van der Waals surface area contributed by atoms with Gasteiger partial charge in [-0.1, -0.05) is 30.7 Å². The van der Waals surface area contributed by atoms with Crippen molar-refractivity contribution in [1.82, 2.24) is 0 Å². The lowest BCUT2D eigenvalue weighted by Crippen LogP contribution is -2.52.